The Labute approximate surface area is 203 Å². The van der Waals surface area contributed by atoms with Crippen molar-refractivity contribution in [3.63, 3.8) is 0 Å². The van der Waals surface area contributed by atoms with Gasteiger partial charge in [-0.25, -0.2) is 8.42 Å². The Morgan fingerprint density at radius 1 is 0.971 bits per heavy atom. The second kappa shape index (κ2) is 9.67. The van der Waals surface area contributed by atoms with E-state index < -0.39 is 15.9 Å². The van der Waals surface area contributed by atoms with Crippen molar-refractivity contribution in [2.45, 2.75) is 18.7 Å². The Balaban J connectivity index is 1.44. The highest BCUT2D eigenvalue weighted by molar-refractivity contribution is 7.92. The van der Waals surface area contributed by atoms with E-state index in [1.165, 1.54) is 42.3 Å². The highest BCUT2D eigenvalue weighted by atomic mass is 32.2. The quantitative estimate of drug-likeness (QED) is 0.518. The van der Waals surface area contributed by atoms with E-state index in [2.05, 4.69) is 10.0 Å². The normalized spacial score (nSPS) is 12.2. The number of sulfonamides is 1. The van der Waals surface area contributed by atoms with Crippen LogP contribution in [0, 0.1) is 13.8 Å². The van der Waals surface area contributed by atoms with Crippen molar-refractivity contribution in [1.82, 2.24) is 4.90 Å². The summed E-state index contributed by atoms with van der Waals surface area (Å²) in [5.74, 6) is 0.129. The van der Waals surface area contributed by atoms with Gasteiger partial charge in [-0.05, 0) is 61.4 Å². The molecule has 0 spiro atoms. The molecular formula is C25H25N3O6S. The molecule has 0 fully saturated rings. The van der Waals surface area contributed by atoms with E-state index in [0.717, 1.165) is 11.1 Å². The van der Waals surface area contributed by atoms with Crippen molar-refractivity contribution in [3.05, 3.63) is 77.4 Å². The van der Waals surface area contributed by atoms with Crippen LogP contribution in [0.1, 0.15) is 21.5 Å². The molecule has 35 heavy (non-hydrogen) atoms. The summed E-state index contributed by atoms with van der Waals surface area (Å²) >= 11 is 0. The monoisotopic (exact) mass is 495 g/mol. The van der Waals surface area contributed by atoms with Crippen molar-refractivity contribution in [2.24, 2.45) is 0 Å². The molecule has 3 aromatic rings. The van der Waals surface area contributed by atoms with Gasteiger partial charge in [-0.2, -0.15) is 0 Å². The number of anilines is 2. The number of carbonyl (C=O) groups is 2. The Kier molecular flexibility index (Phi) is 6.65. The summed E-state index contributed by atoms with van der Waals surface area (Å²) < 4.78 is 38.8. The summed E-state index contributed by atoms with van der Waals surface area (Å²) in [6.45, 7) is 3.73. The van der Waals surface area contributed by atoms with Crippen LogP contribution < -0.4 is 19.5 Å². The number of amides is 2. The van der Waals surface area contributed by atoms with Crippen LogP contribution in [0.3, 0.4) is 0 Å². The van der Waals surface area contributed by atoms with Crippen LogP contribution in [0.15, 0.2) is 65.6 Å². The Morgan fingerprint density at radius 3 is 2.51 bits per heavy atom. The minimum absolute atomic E-state index is 0.0752. The minimum atomic E-state index is -3.98. The molecule has 1 aliphatic heterocycles. The van der Waals surface area contributed by atoms with Gasteiger partial charge in [0, 0.05) is 24.4 Å². The van der Waals surface area contributed by atoms with Gasteiger partial charge < -0.3 is 19.7 Å². The molecule has 0 radical (unpaired) electrons. The number of fused-ring (bicyclic) bond motifs is 1. The predicted molar refractivity (Wildman–Crippen MR) is 131 cm³/mol. The number of benzene rings is 3. The molecule has 1 aliphatic rings. The second-order valence-electron chi connectivity index (χ2n) is 8.16. The molecule has 0 unspecified atom stereocenters. The van der Waals surface area contributed by atoms with Crippen LogP contribution in [0.25, 0.3) is 0 Å². The number of likely N-dealkylation sites (N-methyl/N-ethyl adjacent to an activating group) is 1. The Hall–Kier alpha value is -4.05. The maximum absolute atomic E-state index is 12.9. The molecule has 3 aromatic carbocycles. The van der Waals surface area contributed by atoms with E-state index in [1.54, 1.807) is 18.2 Å². The fourth-order valence-corrected chi connectivity index (χ4v) is 4.65. The number of aryl methyl sites for hydroxylation is 1. The number of nitrogens with one attached hydrogen (secondary N) is 2. The average molecular weight is 496 g/mol. The lowest BCUT2D eigenvalue weighted by molar-refractivity contribution is -0.116. The van der Waals surface area contributed by atoms with E-state index >= 15 is 0 Å². The minimum Gasteiger partial charge on any atom is -0.454 e. The summed E-state index contributed by atoms with van der Waals surface area (Å²) in [7, 11) is -2.50. The summed E-state index contributed by atoms with van der Waals surface area (Å²) in [6, 6.07) is 15.9. The molecular weight excluding hydrogens is 470 g/mol. The summed E-state index contributed by atoms with van der Waals surface area (Å²) in [5, 5.41) is 2.81. The first-order valence-corrected chi connectivity index (χ1v) is 12.3. The Morgan fingerprint density at radius 2 is 1.71 bits per heavy atom. The fraction of sp³-hybridized carbons (Fsp3) is 0.200. The zero-order valence-corrected chi connectivity index (χ0v) is 20.3. The molecule has 4 rings (SSSR count). The van der Waals surface area contributed by atoms with Gasteiger partial charge in [-0.15, -0.1) is 0 Å². The molecule has 0 saturated heterocycles. The van der Waals surface area contributed by atoms with Crippen LogP contribution in [-0.4, -0.2) is 45.5 Å². The summed E-state index contributed by atoms with van der Waals surface area (Å²) in [5.41, 5.74) is 3.10. The molecule has 1 heterocycles. The number of carbonyl (C=O) groups excluding carboxylic acids is 2. The molecule has 0 atom stereocenters. The third kappa shape index (κ3) is 5.38. The molecule has 0 aromatic heterocycles. The smallest absolute Gasteiger partial charge is 0.261 e. The molecule has 0 aliphatic carbocycles. The van der Waals surface area contributed by atoms with E-state index in [1.807, 2.05) is 26.0 Å². The number of ether oxygens (including phenoxy) is 2. The topological polar surface area (TPSA) is 114 Å². The lowest BCUT2D eigenvalue weighted by Crippen LogP contribution is -2.35. The van der Waals surface area contributed by atoms with Crippen LogP contribution in [0.5, 0.6) is 11.5 Å². The summed E-state index contributed by atoms with van der Waals surface area (Å²) in [4.78, 5) is 26.6. The third-order valence-electron chi connectivity index (χ3n) is 5.62. The van der Waals surface area contributed by atoms with Crippen LogP contribution >= 0.6 is 0 Å². The van der Waals surface area contributed by atoms with Gasteiger partial charge >= 0.3 is 0 Å². The first-order valence-electron chi connectivity index (χ1n) is 10.8. The molecule has 10 heteroatoms. The number of rotatable bonds is 7. The fourth-order valence-electron chi connectivity index (χ4n) is 3.55. The van der Waals surface area contributed by atoms with Crippen LogP contribution in [0.2, 0.25) is 0 Å². The lowest BCUT2D eigenvalue weighted by atomic mass is 10.1. The van der Waals surface area contributed by atoms with Crippen molar-refractivity contribution < 1.29 is 27.5 Å². The summed E-state index contributed by atoms with van der Waals surface area (Å²) in [6.07, 6.45) is 0. The van der Waals surface area contributed by atoms with Gasteiger partial charge in [-0.1, -0.05) is 18.2 Å². The van der Waals surface area contributed by atoms with Gasteiger partial charge in [0.05, 0.1) is 17.1 Å². The van der Waals surface area contributed by atoms with Gasteiger partial charge in [0.2, 0.25) is 12.7 Å². The standard InChI is InChI=1S/C25H25N3O6S/c1-16-6-4-9-21(17(16)2)26-24(29)14-28(3)25(30)18-7-5-8-20(12-18)35(31,32)27-19-10-11-22-23(13-19)34-15-33-22/h4-13,27H,14-15H2,1-3H3,(H,26,29). The average Bonchev–Trinajstić information content (AvgIpc) is 3.29. The van der Waals surface area contributed by atoms with E-state index in [0.29, 0.717) is 22.9 Å². The molecule has 0 saturated carbocycles. The number of hydrogen-bond acceptors (Lipinski definition) is 6. The van der Waals surface area contributed by atoms with Crippen molar-refractivity contribution in [3.8, 4) is 11.5 Å². The van der Waals surface area contributed by atoms with Crippen LogP contribution in [0.4, 0.5) is 11.4 Å². The highest BCUT2D eigenvalue weighted by Crippen LogP contribution is 2.34. The first kappa shape index (κ1) is 24.1. The predicted octanol–water partition coefficient (Wildman–Crippen LogP) is 3.54. The van der Waals surface area contributed by atoms with Crippen LogP contribution in [-0.2, 0) is 14.8 Å². The molecule has 9 nitrogen and oxygen atoms in total. The Bertz CT molecular complexity index is 1400. The highest BCUT2D eigenvalue weighted by Gasteiger charge is 2.21. The maximum Gasteiger partial charge on any atom is 0.261 e. The van der Waals surface area contributed by atoms with Gasteiger partial charge in [0.15, 0.2) is 11.5 Å². The van der Waals surface area contributed by atoms with Crippen molar-refractivity contribution in [2.75, 3.05) is 30.4 Å². The molecule has 2 amide bonds. The zero-order chi connectivity index (χ0) is 25.2. The lowest BCUT2D eigenvalue weighted by Gasteiger charge is -2.18. The SMILES string of the molecule is Cc1cccc(NC(=O)CN(C)C(=O)c2cccc(S(=O)(=O)Nc3ccc4c(c3)OCO4)c2)c1C. The largest absolute Gasteiger partial charge is 0.454 e. The number of nitrogens with zero attached hydrogens (tertiary/aromatic N) is 1. The zero-order valence-electron chi connectivity index (χ0n) is 19.5. The van der Waals surface area contributed by atoms with E-state index in [4.69, 9.17) is 9.47 Å². The molecule has 2 N–H and O–H groups in total. The van der Waals surface area contributed by atoms with Crippen molar-refractivity contribution in [1.29, 1.82) is 0 Å². The molecule has 0 bridgehead atoms. The van der Waals surface area contributed by atoms with Crippen molar-refractivity contribution >= 4 is 33.2 Å². The second-order valence-corrected chi connectivity index (χ2v) is 9.84. The first-order chi connectivity index (χ1) is 16.6. The van der Waals surface area contributed by atoms with Gasteiger partial charge in [-0.3, -0.25) is 14.3 Å². The van der Waals surface area contributed by atoms with E-state index in [-0.39, 0.29) is 29.7 Å². The van der Waals surface area contributed by atoms with Gasteiger partial charge in [0.1, 0.15) is 0 Å². The number of hydrogen-bond donors (Lipinski definition) is 2. The van der Waals surface area contributed by atoms with E-state index in [9.17, 15) is 18.0 Å². The molecule has 182 valence electrons. The maximum atomic E-state index is 12.9. The van der Waals surface area contributed by atoms with Gasteiger partial charge in [0.25, 0.3) is 15.9 Å². The third-order valence-corrected chi connectivity index (χ3v) is 7.00.